The zero-order chi connectivity index (χ0) is 10.7. The Balaban J connectivity index is 2.58. The van der Waals surface area contributed by atoms with Gasteiger partial charge >= 0.3 is 0 Å². The van der Waals surface area contributed by atoms with Gasteiger partial charge in [0.1, 0.15) is 0 Å². The van der Waals surface area contributed by atoms with Crippen LogP contribution in [0.15, 0.2) is 36.8 Å². The second-order valence-electron chi connectivity index (χ2n) is 2.89. The third-order valence-corrected chi connectivity index (χ3v) is 1.93. The Morgan fingerprint density at radius 3 is 2.73 bits per heavy atom. The minimum Gasteiger partial charge on any atom is -0.366 e. The first-order valence-electron chi connectivity index (χ1n) is 4.31. The van der Waals surface area contributed by atoms with Gasteiger partial charge in [-0.05, 0) is 18.2 Å². The van der Waals surface area contributed by atoms with Crippen LogP contribution in [-0.2, 0) is 0 Å². The lowest BCUT2D eigenvalue weighted by Crippen LogP contribution is -2.13. The smallest absolute Gasteiger partial charge is 0.250 e. The highest BCUT2D eigenvalue weighted by Crippen LogP contribution is 2.18. The highest BCUT2D eigenvalue weighted by Gasteiger charge is 2.10. The van der Waals surface area contributed by atoms with Gasteiger partial charge in [0.25, 0.3) is 5.91 Å². The van der Waals surface area contributed by atoms with E-state index in [-0.39, 0.29) is 0 Å². The molecule has 0 aromatic carbocycles. The zero-order valence-corrected chi connectivity index (χ0v) is 7.79. The summed E-state index contributed by atoms with van der Waals surface area (Å²) in [5.74, 6) is -0.505. The van der Waals surface area contributed by atoms with Crippen molar-refractivity contribution in [2.75, 3.05) is 0 Å². The van der Waals surface area contributed by atoms with Gasteiger partial charge in [-0.2, -0.15) is 10.2 Å². The molecule has 15 heavy (non-hydrogen) atoms. The largest absolute Gasteiger partial charge is 0.366 e. The fraction of sp³-hybridized carbons (Fsp3) is 0. The van der Waals surface area contributed by atoms with Crippen LogP contribution in [0, 0.1) is 0 Å². The molecule has 5 nitrogen and oxygen atoms in total. The number of hydrogen-bond acceptors (Lipinski definition) is 4. The van der Waals surface area contributed by atoms with Crippen molar-refractivity contribution in [1.29, 1.82) is 0 Å². The molecule has 0 unspecified atom stereocenters. The third kappa shape index (κ3) is 1.80. The molecular formula is C10H8N4O. The number of nitrogens with zero attached hydrogens (tertiary/aromatic N) is 3. The van der Waals surface area contributed by atoms with E-state index in [1.807, 2.05) is 0 Å². The number of carbonyl (C=O) groups excluding carboxylic acids is 1. The van der Waals surface area contributed by atoms with Crippen molar-refractivity contribution in [2.45, 2.75) is 0 Å². The molecular weight excluding hydrogens is 192 g/mol. The topological polar surface area (TPSA) is 81.8 Å². The molecule has 0 spiro atoms. The van der Waals surface area contributed by atoms with E-state index in [0.29, 0.717) is 11.3 Å². The predicted molar refractivity (Wildman–Crippen MR) is 53.8 cm³/mol. The van der Waals surface area contributed by atoms with E-state index in [9.17, 15) is 4.79 Å². The molecule has 2 heterocycles. The Morgan fingerprint density at radius 2 is 2.07 bits per heavy atom. The van der Waals surface area contributed by atoms with E-state index in [2.05, 4.69) is 15.2 Å². The van der Waals surface area contributed by atoms with Crippen LogP contribution < -0.4 is 5.73 Å². The average Bonchev–Trinajstić information content (AvgIpc) is 2.30. The monoisotopic (exact) mass is 200 g/mol. The van der Waals surface area contributed by atoms with Gasteiger partial charge < -0.3 is 5.73 Å². The van der Waals surface area contributed by atoms with E-state index in [0.717, 1.165) is 5.56 Å². The van der Waals surface area contributed by atoms with Gasteiger partial charge in [-0.25, -0.2) is 0 Å². The maximum atomic E-state index is 11.1. The first-order chi connectivity index (χ1) is 7.29. The Hall–Kier alpha value is -2.30. The van der Waals surface area contributed by atoms with Crippen molar-refractivity contribution >= 4 is 5.91 Å². The number of nitrogens with two attached hydrogens (primary N) is 1. The summed E-state index contributed by atoms with van der Waals surface area (Å²) in [5.41, 5.74) is 6.87. The number of aromatic nitrogens is 3. The van der Waals surface area contributed by atoms with Gasteiger partial charge in [0.2, 0.25) is 0 Å². The molecule has 2 rings (SSSR count). The van der Waals surface area contributed by atoms with Crippen molar-refractivity contribution in [2.24, 2.45) is 5.73 Å². The SMILES string of the molecule is NC(=O)c1cccnc1-c1ccnnc1. The highest BCUT2D eigenvalue weighted by atomic mass is 16.1. The normalized spacial score (nSPS) is 9.87. The quantitative estimate of drug-likeness (QED) is 0.771. The maximum absolute atomic E-state index is 11.1. The highest BCUT2D eigenvalue weighted by molar-refractivity contribution is 5.98. The predicted octanol–water partition coefficient (Wildman–Crippen LogP) is 0.637. The summed E-state index contributed by atoms with van der Waals surface area (Å²) in [7, 11) is 0. The van der Waals surface area contributed by atoms with Gasteiger partial charge in [-0.15, -0.1) is 0 Å². The first-order valence-corrected chi connectivity index (χ1v) is 4.31. The van der Waals surface area contributed by atoms with Crippen LogP contribution in [0.3, 0.4) is 0 Å². The summed E-state index contributed by atoms with van der Waals surface area (Å²) in [6, 6.07) is 5.02. The van der Waals surface area contributed by atoms with Crippen molar-refractivity contribution in [3.8, 4) is 11.3 Å². The summed E-state index contributed by atoms with van der Waals surface area (Å²) in [6.45, 7) is 0. The standard InChI is InChI=1S/C10H8N4O/c11-10(15)8-2-1-4-12-9(8)7-3-5-13-14-6-7/h1-6H,(H2,11,15). The first kappa shape index (κ1) is 9.26. The van der Waals surface area contributed by atoms with E-state index >= 15 is 0 Å². The molecule has 0 aliphatic carbocycles. The Kier molecular flexibility index (Phi) is 2.37. The number of pyridine rings is 1. The number of primary amides is 1. The molecule has 0 saturated carbocycles. The molecule has 0 radical (unpaired) electrons. The molecule has 0 fully saturated rings. The molecule has 1 amide bonds. The van der Waals surface area contributed by atoms with Crippen LogP contribution in [0.25, 0.3) is 11.3 Å². The summed E-state index contributed by atoms with van der Waals surface area (Å²) in [5, 5.41) is 7.37. The second kappa shape index (κ2) is 3.83. The fourth-order valence-corrected chi connectivity index (χ4v) is 1.26. The molecule has 0 aliphatic heterocycles. The van der Waals surface area contributed by atoms with Gasteiger partial charge in [0.15, 0.2) is 0 Å². The molecule has 0 aliphatic rings. The number of carbonyl (C=O) groups is 1. The summed E-state index contributed by atoms with van der Waals surface area (Å²) >= 11 is 0. The minimum absolute atomic E-state index is 0.380. The van der Waals surface area contributed by atoms with E-state index < -0.39 is 5.91 Å². The Labute approximate surface area is 86.0 Å². The summed E-state index contributed by atoms with van der Waals surface area (Å²) < 4.78 is 0. The average molecular weight is 200 g/mol. The van der Waals surface area contributed by atoms with Gasteiger partial charge in [-0.3, -0.25) is 9.78 Å². The van der Waals surface area contributed by atoms with Crippen LogP contribution in [0.4, 0.5) is 0 Å². The molecule has 74 valence electrons. The number of rotatable bonds is 2. The van der Waals surface area contributed by atoms with Crippen molar-refractivity contribution < 1.29 is 4.79 Å². The number of amides is 1. The van der Waals surface area contributed by atoms with Gasteiger partial charge in [0, 0.05) is 11.8 Å². The maximum Gasteiger partial charge on any atom is 0.250 e. The molecule has 2 N–H and O–H groups in total. The van der Waals surface area contributed by atoms with Crippen LogP contribution in [-0.4, -0.2) is 21.1 Å². The molecule has 2 aromatic rings. The van der Waals surface area contributed by atoms with Crippen molar-refractivity contribution in [1.82, 2.24) is 15.2 Å². The van der Waals surface area contributed by atoms with Gasteiger partial charge in [-0.1, -0.05) is 0 Å². The van der Waals surface area contributed by atoms with Gasteiger partial charge in [0.05, 0.1) is 23.7 Å². The second-order valence-corrected chi connectivity index (χ2v) is 2.89. The van der Waals surface area contributed by atoms with Crippen molar-refractivity contribution in [3.05, 3.63) is 42.4 Å². The molecule has 5 heteroatoms. The van der Waals surface area contributed by atoms with Crippen molar-refractivity contribution in [3.63, 3.8) is 0 Å². The van der Waals surface area contributed by atoms with Crippen LogP contribution in [0.5, 0.6) is 0 Å². The Morgan fingerprint density at radius 1 is 1.20 bits per heavy atom. The molecule has 2 aromatic heterocycles. The molecule has 0 saturated heterocycles. The summed E-state index contributed by atoms with van der Waals surface area (Å²) in [6.07, 6.45) is 4.67. The van der Waals surface area contributed by atoms with Crippen LogP contribution in [0.1, 0.15) is 10.4 Å². The van der Waals surface area contributed by atoms with E-state index in [4.69, 9.17) is 5.73 Å². The lowest BCUT2D eigenvalue weighted by atomic mass is 10.1. The van der Waals surface area contributed by atoms with Crippen LogP contribution >= 0.6 is 0 Å². The Bertz CT molecular complexity index is 484. The lowest BCUT2D eigenvalue weighted by Gasteiger charge is -2.03. The molecule has 0 atom stereocenters. The lowest BCUT2D eigenvalue weighted by molar-refractivity contribution is 0.100. The van der Waals surface area contributed by atoms with E-state index in [1.165, 1.54) is 12.4 Å². The fourth-order valence-electron chi connectivity index (χ4n) is 1.26. The third-order valence-electron chi connectivity index (χ3n) is 1.93. The minimum atomic E-state index is -0.505. The molecule has 0 bridgehead atoms. The zero-order valence-electron chi connectivity index (χ0n) is 7.79. The van der Waals surface area contributed by atoms with Crippen LogP contribution in [0.2, 0.25) is 0 Å². The van der Waals surface area contributed by atoms with E-state index in [1.54, 1.807) is 24.4 Å². The summed E-state index contributed by atoms with van der Waals surface area (Å²) in [4.78, 5) is 15.2. The number of hydrogen-bond donors (Lipinski definition) is 1.